The van der Waals surface area contributed by atoms with E-state index in [1.165, 1.54) is 0 Å². The van der Waals surface area contributed by atoms with E-state index in [4.69, 9.17) is 7.41 Å². The van der Waals surface area contributed by atoms with Crippen molar-refractivity contribution in [2.75, 3.05) is 0 Å². The lowest BCUT2D eigenvalue weighted by Crippen LogP contribution is -2.39. The molecule has 0 fully saturated rings. The molecular formula is C16H11AlB2F10O2. The Bertz CT molecular complexity index is 860. The third-order valence-corrected chi connectivity index (χ3v) is 6.50. The maximum Gasteiger partial charge on any atom is 0.643 e. The van der Waals surface area contributed by atoms with Crippen LogP contribution >= 0.6 is 0 Å². The molecule has 0 amide bonds. The monoisotopic (exact) mass is 474 g/mol. The van der Waals surface area contributed by atoms with Crippen LogP contribution in [-0.2, 0) is 7.41 Å². The molecule has 0 saturated heterocycles. The molecule has 0 N–H and O–H groups in total. The molecule has 0 unspecified atom stereocenters. The quantitative estimate of drug-likeness (QED) is 0.254. The second-order valence-electron chi connectivity index (χ2n) is 6.78. The third kappa shape index (κ3) is 5.39. The Morgan fingerprint density at radius 1 is 0.548 bits per heavy atom. The minimum absolute atomic E-state index is 0.0186. The van der Waals surface area contributed by atoms with E-state index in [1.54, 1.807) is 13.8 Å². The molecule has 0 spiro atoms. The third-order valence-electron chi connectivity index (χ3n) is 4.09. The summed E-state index contributed by atoms with van der Waals surface area (Å²) in [4.78, 5) is 0. The zero-order valence-corrected chi connectivity index (χ0v) is 17.0. The molecule has 2 nitrogen and oxygen atoms in total. The summed E-state index contributed by atoms with van der Waals surface area (Å²) in [6.07, 6.45) is 0. The Labute approximate surface area is 175 Å². The molecule has 31 heavy (non-hydrogen) atoms. The fourth-order valence-electron chi connectivity index (χ4n) is 2.48. The summed E-state index contributed by atoms with van der Waals surface area (Å²) < 4.78 is 145. The maximum absolute atomic E-state index is 13.8. The van der Waals surface area contributed by atoms with Crippen LogP contribution in [0.1, 0.15) is 13.8 Å². The summed E-state index contributed by atoms with van der Waals surface area (Å²) >= 11 is -3.15. The largest absolute Gasteiger partial charge is 0.643 e. The topological polar surface area (TPSA) is 18.5 Å². The van der Waals surface area contributed by atoms with E-state index in [0.29, 0.717) is 0 Å². The predicted octanol–water partition coefficient (Wildman–Crippen LogP) is 2.91. The van der Waals surface area contributed by atoms with Crippen molar-refractivity contribution in [2.45, 2.75) is 19.1 Å². The predicted molar refractivity (Wildman–Crippen MR) is 93.6 cm³/mol. The van der Waals surface area contributed by atoms with E-state index in [-0.39, 0.29) is 11.2 Å². The van der Waals surface area contributed by atoms with Gasteiger partial charge >= 0.3 is 14.8 Å². The normalized spacial score (nSPS) is 11.3. The zero-order chi connectivity index (χ0) is 23.6. The molecule has 0 radical (unpaired) electrons. The van der Waals surface area contributed by atoms with E-state index in [1.807, 2.05) is 0 Å². The number of benzene rings is 2. The van der Waals surface area contributed by atoms with Crippen LogP contribution in [0.5, 0.6) is 0 Å². The van der Waals surface area contributed by atoms with E-state index in [2.05, 4.69) is 0 Å². The highest BCUT2D eigenvalue weighted by molar-refractivity contribution is 6.65. The zero-order valence-electron chi connectivity index (χ0n) is 15.9. The first-order chi connectivity index (χ1) is 14.4. The maximum atomic E-state index is 13.8. The Hall–Kier alpha value is -1.68. The van der Waals surface area contributed by atoms with Crippen LogP contribution in [0.4, 0.5) is 43.9 Å². The van der Waals surface area contributed by atoms with Crippen molar-refractivity contribution >= 4 is 40.7 Å². The van der Waals surface area contributed by atoms with Crippen molar-refractivity contribution < 1.29 is 51.3 Å². The second kappa shape index (κ2) is 10.3. The highest BCUT2D eigenvalue weighted by Gasteiger charge is 2.33. The van der Waals surface area contributed by atoms with Crippen LogP contribution in [0.3, 0.4) is 0 Å². The van der Waals surface area contributed by atoms with Gasteiger partial charge in [0.15, 0.2) is 58.2 Å². The smallest absolute Gasteiger partial charge is 0.544 e. The summed E-state index contributed by atoms with van der Waals surface area (Å²) in [7, 11) is -2.26. The lowest BCUT2D eigenvalue weighted by molar-refractivity contribution is 0.380. The van der Waals surface area contributed by atoms with Gasteiger partial charge in [-0.25, -0.2) is 43.9 Å². The van der Waals surface area contributed by atoms with Gasteiger partial charge in [0.1, 0.15) is 0 Å². The molecule has 0 aliphatic rings. The number of hydrogen-bond donors (Lipinski definition) is 0. The highest BCUT2D eigenvalue weighted by atomic mass is 27.2. The lowest BCUT2D eigenvalue weighted by Gasteiger charge is -2.17. The summed E-state index contributed by atoms with van der Waals surface area (Å²) in [6.45, 7) is 3.26. The molecule has 0 atom stereocenters. The summed E-state index contributed by atoms with van der Waals surface area (Å²) in [5, 5.41) is 0.0186. The first-order valence-electron chi connectivity index (χ1n) is 8.62. The molecule has 0 saturated carbocycles. The van der Waals surface area contributed by atoms with E-state index >= 15 is 0 Å². The van der Waals surface area contributed by atoms with Gasteiger partial charge in [0.05, 0.1) is 0 Å². The van der Waals surface area contributed by atoms with Gasteiger partial charge in [-0.05, 0) is 5.28 Å². The molecule has 0 bridgehead atoms. The summed E-state index contributed by atoms with van der Waals surface area (Å²) in [5.41, 5.74) is -2.59. The first-order valence-corrected chi connectivity index (χ1v) is 10.4. The van der Waals surface area contributed by atoms with E-state index < -0.39 is 98.9 Å². The van der Waals surface area contributed by atoms with Gasteiger partial charge in [0.2, 0.25) is 0 Å². The van der Waals surface area contributed by atoms with Crippen molar-refractivity contribution in [2.24, 2.45) is 5.92 Å². The fourth-order valence-corrected chi connectivity index (χ4v) is 4.32. The van der Waals surface area contributed by atoms with Gasteiger partial charge in [-0.1, -0.05) is 19.8 Å². The van der Waals surface area contributed by atoms with Crippen LogP contribution in [0.25, 0.3) is 0 Å². The fraction of sp³-hybridized carbons (Fsp3) is 0.250. The molecule has 0 heterocycles. The van der Waals surface area contributed by atoms with Gasteiger partial charge in [-0.2, -0.15) is 0 Å². The van der Waals surface area contributed by atoms with Gasteiger partial charge in [0, 0.05) is 10.9 Å². The average Bonchev–Trinajstić information content (AvgIpc) is 2.72. The second-order valence-corrected chi connectivity index (χ2v) is 8.78. The molecule has 0 aliphatic carbocycles. The van der Waals surface area contributed by atoms with Crippen molar-refractivity contribution in [1.29, 1.82) is 0 Å². The Kier molecular flexibility index (Phi) is 8.49. The SMILES string of the molecule is CC(C)[CH2][Al]([O]Bc1c(F)c(F)c(F)c(F)c1F)[O]Bc1c(F)c(F)c(F)c(F)c1F. The van der Waals surface area contributed by atoms with Crippen LogP contribution in [0, 0.1) is 64.1 Å². The minimum Gasteiger partial charge on any atom is -0.544 e. The number of rotatable bonds is 8. The lowest BCUT2D eigenvalue weighted by atomic mass is 9.87. The summed E-state index contributed by atoms with van der Waals surface area (Å²) in [6, 6.07) is 0. The van der Waals surface area contributed by atoms with Gasteiger partial charge < -0.3 is 7.41 Å². The van der Waals surface area contributed by atoms with Crippen LogP contribution in [0.2, 0.25) is 5.28 Å². The van der Waals surface area contributed by atoms with Crippen molar-refractivity contribution in [1.82, 2.24) is 0 Å². The molecule has 2 rings (SSSR count). The molecular weight excluding hydrogens is 463 g/mol. The van der Waals surface area contributed by atoms with Gasteiger partial charge in [-0.3, -0.25) is 0 Å². The number of halogens is 10. The van der Waals surface area contributed by atoms with E-state index in [0.717, 1.165) is 0 Å². The molecule has 166 valence electrons. The Morgan fingerprint density at radius 3 is 1.06 bits per heavy atom. The Balaban J connectivity index is 2.24. The standard InChI is InChI=1S/2C6HBF5O.C4H9.Al/c2*8-2-1(7-13)3(9)5(11)6(12)4(2)10;1-4(2)3;/h2*7H;4H,1H2,2-3H3;/q2*-1;;+2. The van der Waals surface area contributed by atoms with Gasteiger partial charge in [0.25, 0.3) is 15.0 Å². The summed E-state index contributed by atoms with van der Waals surface area (Å²) in [5.74, 6) is -22.2. The molecule has 2 aromatic carbocycles. The van der Waals surface area contributed by atoms with Crippen molar-refractivity contribution in [3.63, 3.8) is 0 Å². The average molecular weight is 474 g/mol. The number of hydrogen-bond acceptors (Lipinski definition) is 2. The van der Waals surface area contributed by atoms with Crippen molar-refractivity contribution in [3.8, 4) is 0 Å². The minimum atomic E-state index is -3.15. The van der Waals surface area contributed by atoms with Gasteiger partial charge in [-0.15, -0.1) is 0 Å². The highest BCUT2D eigenvalue weighted by Crippen LogP contribution is 2.18. The van der Waals surface area contributed by atoms with Crippen LogP contribution < -0.4 is 10.9 Å². The molecule has 2 aromatic rings. The Morgan fingerprint density at radius 2 is 0.806 bits per heavy atom. The van der Waals surface area contributed by atoms with Crippen molar-refractivity contribution in [3.05, 3.63) is 58.2 Å². The molecule has 0 aliphatic heterocycles. The van der Waals surface area contributed by atoms with Crippen LogP contribution in [-0.4, -0.2) is 29.8 Å². The first kappa shape index (κ1) is 25.6. The van der Waals surface area contributed by atoms with Crippen LogP contribution in [0.15, 0.2) is 0 Å². The van der Waals surface area contributed by atoms with E-state index in [9.17, 15) is 43.9 Å². The molecule has 15 heteroatoms. The molecule has 0 aromatic heterocycles.